The molecular weight excluding hydrogens is 254 g/mol. The Morgan fingerprint density at radius 2 is 1.84 bits per heavy atom. The van der Waals surface area contributed by atoms with Gasteiger partial charge in [0.25, 0.3) is 0 Å². The zero-order valence-electron chi connectivity index (χ0n) is 13.2. The van der Waals surface area contributed by atoms with E-state index in [0.717, 1.165) is 5.69 Å². The zero-order valence-corrected chi connectivity index (χ0v) is 14.2. The van der Waals surface area contributed by atoms with Crippen molar-refractivity contribution in [1.29, 1.82) is 0 Å². The Hall–Kier alpha value is -0.713. The van der Waals surface area contributed by atoms with Crippen LogP contribution in [0.25, 0.3) is 0 Å². The maximum absolute atomic E-state index is 6.49. The van der Waals surface area contributed by atoms with Crippen molar-refractivity contribution in [2.45, 2.75) is 58.0 Å². The van der Waals surface area contributed by atoms with Crippen LogP contribution in [-0.4, -0.2) is 26.5 Å². The van der Waals surface area contributed by atoms with Gasteiger partial charge >= 0.3 is 0 Å². The van der Waals surface area contributed by atoms with Gasteiger partial charge in [-0.15, -0.1) is 0 Å². The standard InChI is InChI=1S/C15H27NO2Si/c1-12(17-5)14(13-10-8-9-11-16-13)18-19(6,7)15(2,3)4/h8-12,14H,1-7H3/t12-,14+/m0/s1. The molecule has 0 amide bonds. The summed E-state index contributed by atoms with van der Waals surface area (Å²) in [5, 5.41) is 0.174. The number of pyridine rings is 1. The van der Waals surface area contributed by atoms with Crippen molar-refractivity contribution in [3.63, 3.8) is 0 Å². The van der Waals surface area contributed by atoms with Crippen LogP contribution >= 0.6 is 0 Å². The lowest BCUT2D eigenvalue weighted by molar-refractivity contribution is 0.00347. The first-order valence-corrected chi connectivity index (χ1v) is 9.71. The van der Waals surface area contributed by atoms with Crippen molar-refractivity contribution < 1.29 is 9.16 Å². The largest absolute Gasteiger partial charge is 0.406 e. The Labute approximate surface area is 118 Å². The number of nitrogens with zero attached hydrogens (tertiary/aromatic N) is 1. The van der Waals surface area contributed by atoms with Crippen LogP contribution in [0.2, 0.25) is 18.1 Å². The fourth-order valence-corrected chi connectivity index (χ4v) is 2.86. The molecule has 0 aliphatic heterocycles. The molecule has 3 nitrogen and oxygen atoms in total. The Morgan fingerprint density at radius 1 is 1.21 bits per heavy atom. The third kappa shape index (κ3) is 4.13. The van der Waals surface area contributed by atoms with Crippen molar-refractivity contribution >= 4 is 8.32 Å². The minimum Gasteiger partial charge on any atom is -0.406 e. The maximum atomic E-state index is 6.49. The van der Waals surface area contributed by atoms with Gasteiger partial charge in [-0.3, -0.25) is 4.98 Å². The van der Waals surface area contributed by atoms with Crippen LogP contribution < -0.4 is 0 Å². The van der Waals surface area contributed by atoms with E-state index in [-0.39, 0.29) is 17.2 Å². The Balaban J connectivity index is 3.01. The topological polar surface area (TPSA) is 31.4 Å². The van der Waals surface area contributed by atoms with Crippen LogP contribution in [0.4, 0.5) is 0 Å². The van der Waals surface area contributed by atoms with Gasteiger partial charge in [-0.1, -0.05) is 26.8 Å². The van der Waals surface area contributed by atoms with E-state index in [2.05, 4.69) is 38.8 Å². The molecule has 0 aromatic carbocycles. The predicted octanol–water partition coefficient (Wildman–Crippen LogP) is 4.18. The Kier molecular flexibility index (Phi) is 5.30. The van der Waals surface area contributed by atoms with E-state index in [4.69, 9.17) is 9.16 Å². The summed E-state index contributed by atoms with van der Waals surface area (Å²) >= 11 is 0. The summed E-state index contributed by atoms with van der Waals surface area (Å²) in [6.07, 6.45) is 1.69. The molecule has 1 rings (SSSR count). The van der Waals surface area contributed by atoms with Crippen molar-refractivity contribution in [1.82, 2.24) is 4.98 Å². The molecule has 1 aromatic rings. The monoisotopic (exact) mass is 281 g/mol. The first-order chi connectivity index (χ1) is 8.69. The highest BCUT2D eigenvalue weighted by atomic mass is 28.4. The van der Waals surface area contributed by atoms with E-state index in [1.807, 2.05) is 25.1 Å². The SMILES string of the molecule is CO[C@@H](C)[C@@H](O[Si](C)(C)C(C)(C)C)c1ccccn1. The predicted molar refractivity (Wildman–Crippen MR) is 81.7 cm³/mol. The second-order valence-corrected chi connectivity index (χ2v) is 11.3. The van der Waals surface area contributed by atoms with E-state index in [0.29, 0.717) is 0 Å². The second kappa shape index (κ2) is 6.16. The summed E-state index contributed by atoms with van der Waals surface area (Å²) in [5.41, 5.74) is 0.946. The van der Waals surface area contributed by atoms with Gasteiger partial charge in [-0.2, -0.15) is 0 Å². The van der Waals surface area contributed by atoms with Crippen LogP contribution in [0, 0.1) is 0 Å². The quantitative estimate of drug-likeness (QED) is 0.759. The molecule has 0 spiro atoms. The molecule has 19 heavy (non-hydrogen) atoms. The van der Waals surface area contributed by atoms with Gasteiger partial charge in [0.1, 0.15) is 6.10 Å². The second-order valence-electron chi connectivity index (χ2n) is 6.49. The third-order valence-electron chi connectivity index (χ3n) is 4.01. The van der Waals surface area contributed by atoms with Crippen molar-refractivity contribution in [2.24, 2.45) is 0 Å². The minimum atomic E-state index is -1.85. The van der Waals surface area contributed by atoms with Crippen LogP contribution in [0.15, 0.2) is 24.4 Å². The Morgan fingerprint density at radius 3 is 2.26 bits per heavy atom. The van der Waals surface area contributed by atoms with Gasteiger partial charge in [-0.05, 0) is 37.2 Å². The lowest BCUT2D eigenvalue weighted by Gasteiger charge is -2.40. The molecule has 0 bridgehead atoms. The van der Waals surface area contributed by atoms with E-state index < -0.39 is 8.32 Å². The highest BCUT2D eigenvalue weighted by Crippen LogP contribution is 2.40. The molecule has 2 atom stereocenters. The maximum Gasteiger partial charge on any atom is 0.193 e. The van der Waals surface area contributed by atoms with Gasteiger partial charge in [0, 0.05) is 13.3 Å². The molecule has 0 unspecified atom stereocenters. The summed E-state index contributed by atoms with van der Waals surface area (Å²) in [4.78, 5) is 4.43. The lowest BCUT2D eigenvalue weighted by Crippen LogP contribution is -2.44. The van der Waals surface area contributed by atoms with Gasteiger partial charge in [-0.25, -0.2) is 0 Å². The van der Waals surface area contributed by atoms with Gasteiger partial charge in [0.2, 0.25) is 0 Å². The third-order valence-corrected chi connectivity index (χ3v) is 8.46. The van der Waals surface area contributed by atoms with Crippen molar-refractivity contribution in [2.75, 3.05) is 7.11 Å². The van der Waals surface area contributed by atoms with Crippen LogP contribution in [0.1, 0.15) is 39.5 Å². The van der Waals surface area contributed by atoms with Crippen molar-refractivity contribution in [3.8, 4) is 0 Å². The number of hydrogen-bond acceptors (Lipinski definition) is 3. The number of ether oxygens (including phenoxy) is 1. The smallest absolute Gasteiger partial charge is 0.193 e. The number of rotatable bonds is 5. The molecular formula is C15H27NO2Si. The number of hydrogen-bond donors (Lipinski definition) is 0. The van der Waals surface area contributed by atoms with E-state index in [1.165, 1.54) is 0 Å². The normalized spacial score (nSPS) is 16.2. The molecule has 0 aliphatic rings. The summed E-state index contributed by atoms with van der Waals surface area (Å²) in [6.45, 7) is 13.3. The Bertz CT molecular complexity index is 387. The fourth-order valence-electron chi connectivity index (χ4n) is 1.56. The van der Waals surface area contributed by atoms with E-state index in [1.54, 1.807) is 13.3 Å². The zero-order chi connectivity index (χ0) is 14.7. The molecule has 0 aliphatic carbocycles. The molecule has 1 heterocycles. The molecule has 0 fully saturated rings. The number of methoxy groups -OCH3 is 1. The van der Waals surface area contributed by atoms with Crippen molar-refractivity contribution in [3.05, 3.63) is 30.1 Å². The highest BCUT2D eigenvalue weighted by molar-refractivity contribution is 6.74. The van der Waals surface area contributed by atoms with Gasteiger partial charge < -0.3 is 9.16 Å². The average Bonchev–Trinajstić information content (AvgIpc) is 2.35. The number of aromatic nitrogens is 1. The van der Waals surface area contributed by atoms with Crippen LogP contribution in [-0.2, 0) is 9.16 Å². The molecule has 0 saturated heterocycles. The average molecular weight is 281 g/mol. The summed E-state index contributed by atoms with van der Waals surface area (Å²) in [6, 6.07) is 5.92. The summed E-state index contributed by atoms with van der Waals surface area (Å²) in [7, 11) is -0.132. The molecule has 4 heteroatoms. The summed E-state index contributed by atoms with van der Waals surface area (Å²) in [5.74, 6) is 0. The molecule has 0 radical (unpaired) electrons. The van der Waals surface area contributed by atoms with E-state index in [9.17, 15) is 0 Å². The van der Waals surface area contributed by atoms with E-state index >= 15 is 0 Å². The molecule has 1 aromatic heterocycles. The molecule has 108 valence electrons. The highest BCUT2D eigenvalue weighted by Gasteiger charge is 2.40. The lowest BCUT2D eigenvalue weighted by atomic mass is 10.1. The summed E-state index contributed by atoms with van der Waals surface area (Å²) < 4.78 is 12.0. The molecule has 0 saturated carbocycles. The minimum absolute atomic E-state index is 0.0102. The van der Waals surface area contributed by atoms with Crippen LogP contribution in [0.5, 0.6) is 0 Å². The first-order valence-electron chi connectivity index (χ1n) is 6.80. The first kappa shape index (κ1) is 16.3. The van der Waals surface area contributed by atoms with Gasteiger partial charge in [0.15, 0.2) is 8.32 Å². The fraction of sp³-hybridized carbons (Fsp3) is 0.667. The van der Waals surface area contributed by atoms with Crippen LogP contribution in [0.3, 0.4) is 0 Å². The van der Waals surface area contributed by atoms with Gasteiger partial charge in [0.05, 0.1) is 11.8 Å². The molecule has 0 N–H and O–H groups in total.